The van der Waals surface area contributed by atoms with Crippen LogP contribution in [0.3, 0.4) is 0 Å². The number of rotatable bonds is 3. The number of aromatic nitrogens is 3. The van der Waals surface area contributed by atoms with E-state index in [1.807, 2.05) is 5.38 Å². The van der Waals surface area contributed by atoms with Crippen LogP contribution < -0.4 is 0 Å². The van der Waals surface area contributed by atoms with Crippen LogP contribution >= 0.6 is 11.3 Å². The summed E-state index contributed by atoms with van der Waals surface area (Å²) in [6.07, 6.45) is -3.59. The van der Waals surface area contributed by atoms with Crippen LogP contribution in [0.4, 0.5) is 13.2 Å². The average molecular weight is 380 g/mol. The van der Waals surface area contributed by atoms with Crippen molar-refractivity contribution >= 4 is 17.0 Å². The smallest absolute Gasteiger partial charge is 0.300 e. The Morgan fingerprint density at radius 2 is 2.08 bits per heavy atom. The van der Waals surface area contributed by atoms with Gasteiger partial charge in [0, 0.05) is 24.6 Å². The van der Waals surface area contributed by atoms with Crippen LogP contribution in [0, 0.1) is 0 Å². The SMILES string of the molecule is CC(C)N1CC[C@H](c2cc3nc(-c4cccs4)cc(C(F)(F)F)n3n2)C1. The van der Waals surface area contributed by atoms with E-state index in [9.17, 15) is 13.2 Å². The second-order valence-electron chi connectivity index (χ2n) is 6.92. The molecule has 0 amide bonds. The Kier molecular flexibility index (Phi) is 4.27. The van der Waals surface area contributed by atoms with Gasteiger partial charge in [-0.25, -0.2) is 9.50 Å². The van der Waals surface area contributed by atoms with Gasteiger partial charge in [-0.15, -0.1) is 11.3 Å². The Labute approximate surface area is 153 Å². The molecule has 0 saturated carbocycles. The van der Waals surface area contributed by atoms with Gasteiger partial charge in [0.2, 0.25) is 0 Å². The number of hydrogen-bond acceptors (Lipinski definition) is 4. The summed E-state index contributed by atoms with van der Waals surface area (Å²) in [5, 5.41) is 6.12. The second kappa shape index (κ2) is 6.35. The van der Waals surface area contributed by atoms with Crippen molar-refractivity contribution in [2.45, 2.75) is 38.4 Å². The quantitative estimate of drug-likeness (QED) is 0.662. The molecule has 0 bridgehead atoms. The normalized spacial score (nSPS) is 19.1. The lowest BCUT2D eigenvalue weighted by atomic mass is 10.1. The van der Waals surface area contributed by atoms with Gasteiger partial charge < -0.3 is 4.90 Å². The summed E-state index contributed by atoms with van der Waals surface area (Å²) >= 11 is 1.37. The zero-order valence-electron chi connectivity index (χ0n) is 14.5. The van der Waals surface area contributed by atoms with Gasteiger partial charge in [0.15, 0.2) is 11.3 Å². The molecule has 1 atom stereocenters. The molecule has 1 saturated heterocycles. The number of halogens is 3. The van der Waals surface area contributed by atoms with E-state index in [1.54, 1.807) is 18.2 Å². The number of thiophene rings is 1. The molecule has 0 aromatic carbocycles. The van der Waals surface area contributed by atoms with E-state index in [4.69, 9.17) is 0 Å². The summed E-state index contributed by atoms with van der Waals surface area (Å²) in [6.45, 7) is 6.02. The molecule has 1 aliphatic heterocycles. The van der Waals surface area contributed by atoms with Crippen LogP contribution in [-0.2, 0) is 6.18 Å². The molecule has 0 radical (unpaired) electrons. The van der Waals surface area contributed by atoms with Gasteiger partial charge in [-0.3, -0.25) is 0 Å². The first-order valence-corrected chi connectivity index (χ1v) is 9.47. The summed E-state index contributed by atoms with van der Waals surface area (Å²) in [7, 11) is 0. The van der Waals surface area contributed by atoms with Crippen LogP contribution in [0.5, 0.6) is 0 Å². The molecule has 4 nitrogen and oxygen atoms in total. The van der Waals surface area contributed by atoms with Crippen LogP contribution in [0.2, 0.25) is 0 Å². The molecule has 8 heteroatoms. The van der Waals surface area contributed by atoms with Crippen molar-refractivity contribution in [2.75, 3.05) is 13.1 Å². The summed E-state index contributed by atoms with van der Waals surface area (Å²) in [5.74, 6) is 0.144. The van der Waals surface area contributed by atoms with Gasteiger partial charge >= 0.3 is 6.18 Å². The molecule has 0 spiro atoms. The molecule has 0 unspecified atom stereocenters. The Balaban J connectivity index is 1.79. The monoisotopic (exact) mass is 380 g/mol. The Bertz CT molecular complexity index is 915. The molecule has 0 aliphatic carbocycles. The maximum absolute atomic E-state index is 13.6. The molecule has 3 aromatic rings. The Hall–Kier alpha value is -1.93. The molecule has 3 aromatic heterocycles. The minimum Gasteiger partial charge on any atom is -0.300 e. The number of likely N-dealkylation sites (tertiary alicyclic amines) is 1. The highest BCUT2D eigenvalue weighted by atomic mass is 32.1. The third-order valence-corrected chi connectivity index (χ3v) is 5.77. The molecular formula is C18H19F3N4S. The molecule has 0 N–H and O–H groups in total. The third-order valence-electron chi connectivity index (χ3n) is 4.88. The Morgan fingerprint density at radius 3 is 2.69 bits per heavy atom. The largest absolute Gasteiger partial charge is 0.433 e. The van der Waals surface area contributed by atoms with E-state index < -0.39 is 11.9 Å². The average Bonchev–Trinajstić information content (AvgIpc) is 3.30. The van der Waals surface area contributed by atoms with E-state index in [0.29, 0.717) is 22.3 Å². The molecule has 4 rings (SSSR count). The highest BCUT2D eigenvalue weighted by Crippen LogP contribution is 2.35. The van der Waals surface area contributed by atoms with E-state index in [2.05, 4.69) is 28.8 Å². The zero-order valence-corrected chi connectivity index (χ0v) is 15.3. The first-order chi connectivity index (χ1) is 12.3. The number of fused-ring (bicyclic) bond motifs is 1. The number of nitrogens with zero attached hydrogens (tertiary/aromatic N) is 4. The summed E-state index contributed by atoms with van der Waals surface area (Å²) in [5.41, 5.74) is 0.494. The van der Waals surface area contributed by atoms with Crippen LogP contribution in [-0.4, -0.2) is 38.6 Å². The minimum atomic E-state index is -4.49. The van der Waals surface area contributed by atoms with E-state index in [-0.39, 0.29) is 11.6 Å². The van der Waals surface area contributed by atoms with Gasteiger partial charge in [-0.1, -0.05) is 6.07 Å². The fraction of sp³-hybridized carbons (Fsp3) is 0.444. The van der Waals surface area contributed by atoms with Gasteiger partial charge in [0.1, 0.15) is 0 Å². The van der Waals surface area contributed by atoms with Crippen LogP contribution in [0.25, 0.3) is 16.2 Å². The van der Waals surface area contributed by atoms with Crippen LogP contribution in [0.1, 0.15) is 37.6 Å². The van der Waals surface area contributed by atoms with Crippen molar-refractivity contribution < 1.29 is 13.2 Å². The fourth-order valence-corrected chi connectivity index (χ4v) is 4.13. The van der Waals surface area contributed by atoms with E-state index in [0.717, 1.165) is 30.1 Å². The molecular weight excluding hydrogens is 361 g/mol. The lowest BCUT2D eigenvalue weighted by Crippen LogP contribution is -2.27. The maximum atomic E-state index is 13.6. The number of hydrogen-bond donors (Lipinski definition) is 0. The predicted molar refractivity (Wildman–Crippen MR) is 95.4 cm³/mol. The van der Waals surface area contributed by atoms with Crippen molar-refractivity contribution in [1.82, 2.24) is 19.5 Å². The molecule has 1 aliphatic rings. The molecule has 4 heterocycles. The van der Waals surface area contributed by atoms with Crippen molar-refractivity contribution in [1.29, 1.82) is 0 Å². The van der Waals surface area contributed by atoms with Crippen LogP contribution in [0.15, 0.2) is 29.6 Å². The van der Waals surface area contributed by atoms with Crippen molar-refractivity contribution in [3.05, 3.63) is 41.0 Å². The summed E-state index contributed by atoms with van der Waals surface area (Å²) in [4.78, 5) is 7.47. The topological polar surface area (TPSA) is 33.4 Å². The standard InChI is InChI=1S/C18H19F3N4S/c1-11(2)24-6-5-12(10-24)13-9-17-22-14(15-4-3-7-26-15)8-16(18(19,20)21)25(17)23-13/h3-4,7-9,11-12H,5-6,10H2,1-2H3/t12-/m0/s1. The zero-order chi connectivity index (χ0) is 18.5. The lowest BCUT2D eigenvalue weighted by molar-refractivity contribution is -0.142. The van der Waals surface area contributed by atoms with E-state index >= 15 is 0 Å². The maximum Gasteiger partial charge on any atom is 0.433 e. The van der Waals surface area contributed by atoms with Gasteiger partial charge in [-0.05, 0) is 44.3 Å². The highest BCUT2D eigenvalue weighted by Gasteiger charge is 2.36. The fourth-order valence-electron chi connectivity index (χ4n) is 3.44. The predicted octanol–water partition coefficient (Wildman–Crippen LogP) is 4.67. The number of alkyl halides is 3. The van der Waals surface area contributed by atoms with E-state index in [1.165, 1.54) is 11.3 Å². The third kappa shape index (κ3) is 3.12. The van der Waals surface area contributed by atoms with Crippen molar-refractivity contribution in [3.63, 3.8) is 0 Å². The second-order valence-corrected chi connectivity index (χ2v) is 7.86. The van der Waals surface area contributed by atoms with Gasteiger partial charge in [0.05, 0.1) is 16.3 Å². The highest BCUT2D eigenvalue weighted by molar-refractivity contribution is 7.13. The molecule has 1 fully saturated rings. The molecule has 26 heavy (non-hydrogen) atoms. The lowest BCUT2D eigenvalue weighted by Gasteiger charge is -2.19. The minimum absolute atomic E-state index is 0.144. The Morgan fingerprint density at radius 1 is 1.27 bits per heavy atom. The van der Waals surface area contributed by atoms with Gasteiger partial charge in [-0.2, -0.15) is 18.3 Å². The first kappa shape index (κ1) is 17.5. The van der Waals surface area contributed by atoms with Crippen molar-refractivity contribution in [3.8, 4) is 10.6 Å². The van der Waals surface area contributed by atoms with Gasteiger partial charge in [0.25, 0.3) is 0 Å². The summed E-state index contributed by atoms with van der Waals surface area (Å²) in [6, 6.07) is 6.80. The summed E-state index contributed by atoms with van der Waals surface area (Å²) < 4.78 is 41.8. The molecule has 138 valence electrons. The first-order valence-electron chi connectivity index (χ1n) is 8.59. The van der Waals surface area contributed by atoms with Crippen molar-refractivity contribution in [2.24, 2.45) is 0 Å².